The number of nitrogens with zero attached hydrogens (tertiary/aromatic N) is 5. The SMILES string of the molecule is NCCCCC(=O)N1CCCC(c2nc(C3C=CC(C(=O)Nc4ccccn4)=CC3)c3c(N)nccn23)C1. The fraction of sp³-hybridized carbons (Fsp3) is 0.393. The quantitative estimate of drug-likeness (QED) is 0.392. The van der Waals surface area contributed by atoms with E-state index in [0.717, 1.165) is 49.3 Å². The Labute approximate surface area is 221 Å². The third kappa shape index (κ3) is 5.45. The number of allylic oxidation sites excluding steroid dienone is 2. The Morgan fingerprint density at radius 1 is 1.16 bits per heavy atom. The minimum absolute atomic E-state index is 0.0470. The lowest BCUT2D eigenvalue weighted by atomic mass is 9.93. The van der Waals surface area contributed by atoms with Gasteiger partial charge in [0.15, 0.2) is 0 Å². The van der Waals surface area contributed by atoms with E-state index in [9.17, 15) is 9.59 Å². The standard InChI is InChI=1S/C28H34N8O2/c29-13-3-1-8-23(37)35-16-5-6-21(18-35)27-34-24(25-26(30)32-15-17-36(25)27)19-9-11-20(12-10-19)28(38)33-22-7-2-4-14-31-22/h2,4,7,9,11-12,14-15,17,19,21H,1,3,5-6,8,10,13,16,18,29H2,(H2,30,32)(H,31,33,38). The summed E-state index contributed by atoms with van der Waals surface area (Å²) in [5, 5.41) is 2.82. The molecule has 3 aromatic heterocycles. The summed E-state index contributed by atoms with van der Waals surface area (Å²) in [6, 6.07) is 5.38. The van der Waals surface area contributed by atoms with E-state index >= 15 is 0 Å². The van der Waals surface area contributed by atoms with Gasteiger partial charge in [0.1, 0.15) is 23.0 Å². The molecule has 3 aromatic rings. The number of aromatic nitrogens is 4. The number of rotatable bonds is 8. The van der Waals surface area contributed by atoms with Crippen molar-refractivity contribution in [3.63, 3.8) is 0 Å². The van der Waals surface area contributed by atoms with E-state index in [2.05, 4.69) is 15.3 Å². The number of amides is 2. The van der Waals surface area contributed by atoms with Crippen LogP contribution in [0, 0.1) is 0 Å². The molecule has 2 amide bonds. The van der Waals surface area contributed by atoms with Crippen molar-refractivity contribution in [3.05, 3.63) is 72.1 Å². The molecule has 2 aliphatic rings. The zero-order valence-electron chi connectivity index (χ0n) is 21.4. The van der Waals surface area contributed by atoms with Gasteiger partial charge in [-0.25, -0.2) is 15.0 Å². The Morgan fingerprint density at radius 3 is 2.82 bits per heavy atom. The highest BCUT2D eigenvalue weighted by molar-refractivity contribution is 6.05. The summed E-state index contributed by atoms with van der Waals surface area (Å²) in [6.45, 7) is 2.02. The van der Waals surface area contributed by atoms with Crippen LogP contribution in [0.2, 0.25) is 0 Å². The number of unbranched alkanes of at least 4 members (excludes halogenated alkanes) is 1. The van der Waals surface area contributed by atoms with Gasteiger partial charge in [-0.3, -0.25) is 14.0 Å². The fourth-order valence-electron chi connectivity index (χ4n) is 5.27. The second-order valence-electron chi connectivity index (χ2n) is 9.84. The third-order valence-corrected chi connectivity index (χ3v) is 7.24. The van der Waals surface area contributed by atoms with Crippen LogP contribution in [-0.2, 0) is 9.59 Å². The lowest BCUT2D eigenvalue weighted by molar-refractivity contribution is -0.132. The summed E-state index contributed by atoms with van der Waals surface area (Å²) in [5.41, 5.74) is 14.2. The third-order valence-electron chi connectivity index (χ3n) is 7.24. The largest absolute Gasteiger partial charge is 0.382 e. The Hall–Kier alpha value is -4.05. The predicted molar refractivity (Wildman–Crippen MR) is 146 cm³/mol. The van der Waals surface area contributed by atoms with Crippen LogP contribution < -0.4 is 16.8 Å². The van der Waals surface area contributed by atoms with Gasteiger partial charge in [0, 0.05) is 55.5 Å². The van der Waals surface area contributed by atoms with E-state index < -0.39 is 0 Å². The van der Waals surface area contributed by atoms with Gasteiger partial charge in [-0.1, -0.05) is 24.3 Å². The van der Waals surface area contributed by atoms with Crippen LogP contribution in [0.15, 0.2) is 60.6 Å². The summed E-state index contributed by atoms with van der Waals surface area (Å²) in [6.07, 6.45) is 15.7. The van der Waals surface area contributed by atoms with E-state index in [1.54, 1.807) is 24.5 Å². The number of nitrogens with one attached hydrogen (secondary N) is 1. The first-order chi connectivity index (χ1) is 18.5. The van der Waals surface area contributed by atoms with E-state index in [1.165, 1.54) is 0 Å². The normalized spacial score (nSPS) is 19.4. The van der Waals surface area contributed by atoms with Crippen molar-refractivity contribution < 1.29 is 9.59 Å². The number of imidazole rings is 1. The number of anilines is 2. The number of fused-ring (bicyclic) bond motifs is 1. The van der Waals surface area contributed by atoms with Gasteiger partial charge >= 0.3 is 0 Å². The zero-order chi connectivity index (χ0) is 26.5. The summed E-state index contributed by atoms with van der Waals surface area (Å²) in [5.74, 6) is 1.87. The average Bonchev–Trinajstić information content (AvgIpc) is 3.35. The molecule has 0 aromatic carbocycles. The summed E-state index contributed by atoms with van der Waals surface area (Å²) in [4.78, 5) is 41.0. The second kappa shape index (κ2) is 11.6. The average molecular weight is 515 g/mol. The highest BCUT2D eigenvalue weighted by atomic mass is 16.2. The first kappa shape index (κ1) is 25.6. The van der Waals surface area contributed by atoms with Gasteiger partial charge < -0.3 is 21.7 Å². The maximum Gasteiger partial charge on any atom is 0.256 e. The van der Waals surface area contributed by atoms with Gasteiger partial charge in [-0.05, 0) is 50.8 Å². The number of likely N-dealkylation sites (tertiary alicyclic amines) is 1. The maximum absolute atomic E-state index is 12.8. The molecular formula is C28H34N8O2. The first-order valence-electron chi connectivity index (χ1n) is 13.3. The minimum atomic E-state index is -0.201. The van der Waals surface area contributed by atoms with Crippen LogP contribution in [0.3, 0.4) is 0 Å². The van der Waals surface area contributed by atoms with Crippen molar-refractivity contribution in [3.8, 4) is 0 Å². The van der Waals surface area contributed by atoms with Crippen molar-refractivity contribution in [1.29, 1.82) is 0 Å². The van der Waals surface area contributed by atoms with E-state index in [1.807, 2.05) is 39.8 Å². The van der Waals surface area contributed by atoms with Crippen molar-refractivity contribution in [1.82, 2.24) is 24.3 Å². The van der Waals surface area contributed by atoms with Crippen molar-refractivity contribution in [2.24, 2.45) is 5.73 Å². The second-order valence-corrected chi connectivity index (χ2v) is 9.84. The number of nitrogen functional groups attached to an aromatic ring is 1. The van der Waals surface area contributed by atoms with E-state index in [-0.39, 0.29) is 23.7 Å². The predicted octanol–water partition coefficient (Wildman–Crippen LogP) is 3.15. The minimum Gasteiger partial charge on any atom is -0.382 e. The molecule has 0 radical (unpaired) electrons. The number of pyridine rings is 1. The van der Waals surface area contributed by atoms with Crippen molar-refractivity contribution >= 4 is 29.0 Å². The summed E-state index contributed by atoms with van der Waals surface area (Å²) >= 11 is 0. The van der Waals surface area contributed by atoms with Crippen LogP contribution in [0.25, 0.3) is 5.52 Å². The molecular weight excluding hydrogens is 480 g/mol. The molecule has 0 bridgehead atoms. The van der Waals surface area contributed by atoms with Crippen LogP contribution >= 0.6 is 0 Å². The lowest BCUT2D eigenvalue weighted by Crippen LogP contribution is -2.39. The van der Waals surface area contributed by atoms with Crippen molar-refractivity contribution in [2.45, 2.75) is 50.4 Å². The Morgan fingerprint density at radius 2 is 2.05 bits per heavy atom. The molecule has 1 fully saturated rings. The van der Waals surface area contributed by atoms with Crippen LogP contribution in [0.5, 0.6) is 0 Å². The lowest BCUT2D eigenvalue weighted by Gasteiger charge is -2.32. The smallest absolute Gasteiger partial charge is 0.256 e. The topological polar surface area (TPSA) is 145 Å². The molecule has 1 aliphatic heterocycles. The van der Waals surface area contributed by atoms with Gasteiger partial charge in [-0.2, -0.15) is 0 Å². The number of hydrogen-bond acceptors (Lipinski definition) is 7. The highest BCUT2D eigenvalue weighted by Gasteiger charge is 2.30. The van der Waals surface area contributed by atoms with Crippen molar-refractivity contribution in [2.75, 3.05) is 30.7 Å². The number of hydrogen-bond donors (Lipinski definition) is 3. The Balaban J connectivity index is 1.35. The molecule has 5 N–H and O–H groups in total. The number of nitrogens with two attached hydrogens (primary N) is 2. The van der Waals surface area contributed by atoms with Gasteiger partial charge in [0.05, 0.1) is 5.69 Å². The number of carbonyl (C=O) groups excluding carboxylic acids is 2. The molecule has 4 heterocycles. The van der Waals surface area contributed by atoms with Gasteiger partial charge in [-0.15, -0.1) is 0 Å². The number of carbonyl (C=O) groups is 2. The first-order valence-corrected chi connectivity index (χ1v) is 13.3. The fourth-order valence-corrected chi connectivity index (χ4v) is 5.27. The summed E-state index contributed by atoms with van der Waals surface area (Å²) < 4.78 is 2.03. The molecule has 1 aliphatic carbocycles. The monoisotopic (exact) mass is 514 g/mol. The Kier molecular flexibility index (Phi) is 7.78. The molecule has 5 rings (SSSR count). The van der Waals surface area contributed by atoms with Crippen LogP contribution in [0.4, 0.5) is 11.6 Å². The number of piperidine rings is 1. The molecule has 2 unspecified atom stereocenters. The molecule has 2 atom stereocenters. The van der Waals surface area contributed by atoms with Gasteiger partial charge in [0.2, 0.25) is 5.91 Å². The van der Waals surface area contributed by atoms with Crippen LogP contribution in [-0.4, -0.2) is 55.7 Å². The molecule has 0 saturated carbocycles. The van der Waals surface area contributed by atoms with E-state index in [0.29, 0.717) is 43.1 Å². The summed E-state index contributed by atoms with van der Waals surface area (Å²) in [7, 11) is 0. The van der Waals surface area contributed by atoms with Gasteiger partial charge in [0.25, 0.3) is 5.91 Å². The van der Waals surface area contributed by atoms with Crippen LogP contribution in [0.1, 0.15) is 61.9 Å². The zero-order valence-corrected chi connectivity index (χ0v) is 21.4. The highest BCUT2D eigenvalue weighted by Crippen LogP contribution is 2.35. The maximum atomic E-state index is 12.8. The molecule has 0 spiro atoms. The Bertz CT molecular complexity index is 1360. The molecule has 198 valence electrons. The molecule has 38 heavy (non-hydrogen) atoms. The molecule has 10 heteroatoms. The molecule has 1 saturated heterocycles. The molecule has 10 nitrogen and oxygen atoms in total. The van der Waals surface area contributed by atoms with E-state index in [4.69, 9.17) is 16.5 Å².